The van der Waals surface area contributed by atoms with E-state index in [-0.39, 0.29) is 11.7 Å². The molecule has 1 N–H and O–H groups in total. The molecule has 0 aliphatic rings. The summed E-state index contributed by atoms with van der Waals surface area (Å²) in [5.41, 5.74) is 4.86. The smallest absolute Gasteiger partial charge is 0.341 e. The maximum absolute atomic E-state index is 12.8. The van der Waals surface area contributed by atoms with E-state index in [1.54, 1.807) is 22.8 Å². The van der Waals surface area contributed by atoms with E-state index in [4.69, 9.17) is 27.9 Å². The molecule has 0 unspecified atom stereocenters. The van der Waals surface area contributed by atoms with Crippen molar-refractivity contribution in [3.05, 3.63) is 68.5 Å². The van der Waals surface area contributed by atoms with E-state index in [0.717, 1.165) is 27.8 Å². The Balaban J connectivity index is 1.51. The van der Waals surface area contributed by atoms with E-state index in [9.17, 15) is 9.59 Å². The number of thioether (sulfide) groups is 1. The van der Waals surface area contributed by atoms with Gasteiger partial charge in [-0.15, -0.1) is 21.5 Å². The number of nitrogens with one attached hydrogen (secondary N) is 1. The topological polar surface area (TPSA) is 86.1 Å². The van der Waals surface area contributed by atoms with Gasteiger partial charge in [-0.2, -0.15) is 0 Å². The molecule has 0 fully saturated rings. The Morgan fingerprint density at radius 2 is 1.86 bits per heavy atom. The van der Waals surface area contributed by atoms with Crippen LogP contribution in [0.1, 0.15) is 21.5 Å². The Labute approximate surface area is 226 Å². The molecule has 2 heterocycles. The summed E-state index contributed by atoms with van der Waals surface area (Å²) < 4.78 is 6.81. The molecule has 0 atom stereocenters. The normalized spacial score (nSPS) is 10.9. The van der Waals surface area contributed by atoms with Crippen LogP contribution in [0.25, 0.3) is 22.5 Å². The first-order valence-electron chi connectivity index (χ1n) is 10.7. The minimum atomic E-state index is -0.505. The number of amides is 1. The molecule has 4 rings (SSSR count). The first-order chi connectivity index (χ1) is 17.2. The Bertz CT molecular complexity index is 1470. The molecule has 186 valence electrons. The summed E-state index contributed by atoms with van der Waals surface area (Å²) in [6.07, 6.45) is 0. The fourth-order valence-electron chi connectivity index (χ4n) is 3.60. The molecule has 11 heteroatoms. The third kappa shape index (κ3) is 5.44. The monoisotopic (exact) mass is 560 g/mol. The van der Waals surface area contributed by atoms with E-state index in [1.807, 2.05) is 44.5 Å². The van der Waals surface area contributed by atoms with E-state index in [1.165, 1.54) is 30.2 Å². The minimum Gasteiger partial charge on any atom is -0.465 e. The third-order valence-electron chi connectivity index (χ3n) is 5.46. The predicted octanol–water partition coefficient (Wildman–Crippen LogP) is 6.65. The number of anilines is 1. The number of carbonyl (C=O) groups is 2. The number of aromatic nitrogens is 3. The van der Waals surface area contributed by atoms with E-state index in [2.05, 4.69) is 15.5 Å². The van der Waals surface area contributed by atoms with Crippen molar-refractivity contribution in [1.82, 2.24) is 14.8 Å². The lowest BCUT2D eigenvalue weighted by Gasteiger charge is -2.10. The van der Waals surface area contributed by atoms with Crippen LogP contribution in [0.3, 0.4) is 0 Å². The second kappa shape index (κ2) is 11.0. The number of methoxy groups -OCH3 is 1. The van der Waals surface area contributed by atoms with Crippen LogP contribution in [-0.4, -0.2) is 39.5 Å². The number of ether oxygens (including phenoxy) is 1. The fraction of sp³-hybridized carbons (Fsp3) is 0.200. The molecule has 2 aromatic carbocycles. The molecule has 0 radical (unpaired) electrons. The van der Waals surface area contributed by atoms with Crippen molar-refractivity contribution < 1.29 is 14.3 Å². The minimum absolute atomic E-state index is 0.0741. The Morgan fingerprint density at radius 3 is 2.58 bits per heavy atom. The van der Waals surface area contributed by atoms with Gasteiger partial charge in [0.25, 0.3) is 0 Å². The van der Waals surface area contributed by atoms with Crippen molar-refractivity contribution in [2.75, 3.05) is 18.2 Å². The van der Waals surface area contributed by atoms with E-state index < -0.39 is 5.97 Å². The number of nitrogens with zero attached hydrogens (tertiary/aromatic N) is 3. The number of halogens is 2. The summed E-state index contributed by atoms with van der Waals surface area (Å²) in [6, 6.07) is 11.3. The number of carbonyl (C=O) groups excluding carboxylic acids is 2. The van der Waals surface area contributed by atoms with Crippen molar-refractivity contribution >= 4 is 63.2 Å². The highest BCUT2D eigenvalue weighted by Crippen LogP contribution is 2.38. The van der Waals surface area contributed by atoms with Crippen LogP contribution in [0.5, 0.6) is 0 Å². The number of aryl methyl sites for hydroxylation is 2. The molecule has 36 heavy (non-hydrogen) atoms. The largest absolute Gasteiger partial charge is 0.465 e. The summed E-state index contributed by atoms with van der Waals surface area (Å²) in [7, 11) is 3.14. The summed E-state index contributed by atoms with van der Waals surface area (Å²) in [5.74, 6) is -0.112. The van der Waals surface area contributed by atoms with Gasteiger partial charge in [0.1, 0.15) is 10.6 Å². The van der Waals surface area contributed by atoms with Gasteiger partial charge in [0.05, 0.1) is 22.9 Å². The summed E-state index contributed by atoms with van der Waals surface area (Å²) in [4.78, 5) is 25.5. The highest BCUT2D eigenvalue weighted by atomic mass is 35.5. The molecule has 0 saturated heterocycles. The maximum Gasteiger partial charge on any atom is 0.341 e. The van der Waals surface area contributed by atoms with Gasteiger partial charge in [0, 0.05) is 23.6 Å². The van der Waals surface area contributed by atoms with Gasteiger partial charge < -0.3 is 14.6 Å². The van der Waals surface area contributed by atoms with Crippen LogP contribution in [0.15, 0.2) is 46.9 Å². The molecule has 7 nitrogen and oxygen atoms in total. The zero-order valence-electron chi connectivity index (χ0n) is 19.9. The Kier molecular flexibility index (Phi) is 8.04. The molecule has 0 spiro atoms. The van der Waals surface area contributed by atoms with Gasteiger partial charge in [-0.3, -0.25) is 4.79 Å². The second-order valence-electron chi connectivity index (χ2n) is 7.99. The average molecular weight is 562 g/mol. The molecule has 0 bridgehead atoms. The van der Waals surface area contributed by atoms with Crippen molar-refractivity contribution in [2.45, 2.75) is 19.0 Å². The van der Waals surface area contributed by atoms with Crippen molar-refractivity contribution in [3.8, 4) is 22.5 Å². The third-order valence-corrected chi connectivity index (χ3v) is 8.12. The lowest BCUT2D eigenvalue weighted by atomic mass is 9.97. The summed E-state index contributed by atoms with van der Waals surface area (Å²) in [6.45, 7) is 3.97. The first kappa shape index (κ1) is 26.2. The molecular formula is C25H22Cl2N4O3S2. The predicted molar refractivity (Wildman–Crippen MR) is 146 cm³/mol. The van der Waals surface area contributed by atoms with Crippen LogP contribution in [-0.2, 0) is 16.6 Å². The van der Waals surface area contributed by atoms with Gasteiger partial charge in [-0.1, -0.05) is 58.7 Å². The standard InChI is InChI=1S/C25H22Cl2N4O3S2/c1-13-5-6-14(2)16(9-13)17-11-35-23(21(17)24(33)34-4)28-20(32)12-36-25-30-29-22(31(25)3)15-7-8-18(26)19(27)10-15/h5-11H,12H2,1-4H3,(H,28,32). The van der Waals surface area contributed by atoms with Crippen molar-refractivity contribution in [3.63, 3.8) is 0 Å². The number of benzene rings is 2. The number of hydrogen-bond acceptors (Lipinski definition) is 7. The molecule has 2 aromatic heterocycles. The van der Waals surface area contributed by atoms with Gasteiger partial charge >= 0.3 is 5.97 Å². The molecule has 4 aromatic rings. The number of hydrogen-bond donors (Lipinski definition) is 1. The summed E-state index contributed by atoms with van der Waals surface area (Å²) in [5, 5.41) is 15.0. The van der Waals surface area contributed by atoms with Gasteiger partial charge in [0.15, 0.2) is 11.0 Å². The van der Waals surface area contributed by atoms with Crippen LogP contribution >= 0.6 is 46.3 Å². The average Bonchev–Trinajstić information content (AvgIpc) is 3.43. The van der Waals surface area contributed by atoms with Crippen LogP contribution < -0.4 is 5.32 Å². The number of thiophene rings is 1. The van der Waals surface area contributed by atoms with Crippen LogP contribution in [0.4, 0.5) is 5.00 Å². The van der Waals surface area contributed by atoms with Crippen LogP contribution in [0.2, 0.25) is 10.0 Å². The van der Waals surface area contributed by atoms with Gasteiger partial charge in [0.2, 0.25) is 5.91 Å². The van der Waals surface area contributed by atoms with Crippen molar-refractivity contribution in [1.29, 1.82) is 0 Å². The highest BCUT2D eigenvalue weighted by molar-refractivity contribution is 7.99. The highest BCUT2D eigenvalue weighted by Gasteiger charge is 2.23. The van der Waals surface area contributed by atoms with E-state index in [0.29, 0.717) is 31.6 Å². The van der Waals surface area contributed by atoms with Gasteiger partial charge in [-0.25, -0.2) is 4.79 Å². The van der Waals surface area contributed by atoms with Crippen LogP contribution in [0, 0.1) is 13.8 Å². The molecule has 0 aliphatic heterocycles. The molecular weight excluding hydrogens is 539 g/mol. The Hall–Kier alpha value is -2.85. The van der Waals surface area contributed by atoms with E-state index >= 15 is 0 Å². The lowest BCUT2D eigenvalue weighted by Crippen LogP contribution is -2.16. The van der Waals surface area contributed by atoms with Gasteiger partial charge in [-0.05, 0) is 43.2 Å². The lowest BCUT2D eigenvalue weighted by molar-refractivity contribution is -0.113. The quantitative estimate of drug-likeness (QED) is 0.201. The molecule has 0 aliphatic carbocycles. The maximum atomic E-state index is 12.8. The zero-order chi connectivity index (χ0) is 26.0. The number of esters is 1. The second-order valence-corrected chi connectivity index (χ2v) is 10.6. The first-order valence-corrected chi connectivity index (χ1v) is 13.4. The van der Waals surface area contributed by atoms with Crippen molar-refractivity contribution in [2.24, 2.45) is 7.05 Å². The molecule has 1 amide bonds. The fourth-order valence-corrected chi connectivity index (χ4v) is 5.57. The zero-order valence-corrected chi connectivity index (χ0v) is 23.0. The Morgan fingerprint density at radius 1 is 1.08 bits per heavy atom. The number of rotatable bonds is 7. The SMILES string of the molecule is COC(=O)c1c(-c2cc(C)ccc2C)csc1NC(=O)CSc1nnc(-c2ccc(Cl)c(Cl)c2)n1C. The molecule has 0 saturated carbocycles. The summed E-state index contributed by atoms with van der Waals surface area (Å²) >= 11 is 14.6.